The number of fused-ring (bicyclic) bond motifs is 3. The fourth-order valence-electron chi connectivity index (χ4n) is 3.30. The molecule has 0 aliphatic rings. The zero-order valence-electron chi connectivity index (χ0n) is 15.6. The van der Waals surface area contributed by atoms with E-state index in [1.807, 2.05) is 37.7 Å². The van der Waals surface area contributed by atoms with E-state index in [0.717, 1.165) is 44.7 Å². The van der Waals surface area contributed by atoms with Crippen LogP contribution in [0.15, 0.2) is 36.7 Å². The van der Waals surface area contributed by atoms with Gasteiger partial charge in [-0.1, -0.05) is 25.1 Å². The number of carbonyl (C=O) groups is 1. The van der Waals surface area contributed by atoms with Crippen molar-refractivity contribution < 1.29 is 4.79 Å². The molecule has 0 bridgehead atoms. The number of nitrogens with one attached hydrogen (secondary N) is 3. The first-order valence-corrected chi connectivity index (χ1v) is 8.98. The second-order valence-electron chi connectivity index (χ2n) is 6.54. The summed E-state index contributed by atoms with van der Waals surface area (Å²) < 4.78 is 2.01. The summed E-state index contributed by atoms with van der Waals surface area (Å²) in [6.45, 7) is 2.37. The van der Waals surface area contributed by atoms with Crippen molar-refractivity contribution in [1.82, 2.24) is 24.8 Å². The van der Waals surface area contributed by atoms with Crippen LogP contribution in [-0.4, -0.2) is 32.5 Å². The first-order valence-electron chi connectivity index (χ1n) is 8.98. The van der Waals surface area contributed by atoms with Crippen molar-refractivity contribution >= 4 is 33.8 Å². The molecule has 1 aromatic carbocycles. The lowest BCUT2D eigenvalue weighted by Gasteiger charge is -2.05. The lowest BCUT2D eigenvalue weighted by molar-refractivity contribution is -0.120. The number of pyridine rings is 1. The summed E-state index contributed by atoms with van der Waals surface area (Å²) in [7, 11) is 3.83. The van der Waals surface area contributed by atoms with Gasteiger partial charge in [0.1, 0.15) is 11.2 Å². The van der Waals surface area contributed by atoms with Crippen LogP contribution in [0.5, 0.6) is 0 Å². The Labute approximate surface area is 156 Å². The maximum absolute atomic E-state index is 11.5. The maximum atomic E-state index is 11.5. The summed E-state index contributed by atoms with van der Waals surface area (Å²) >= 11 is 0. The number of imidazole rings is 1. The van der Waals surface area contributed by atoms with Gasteiger partial charge in [-0.3, -0.25) is 4.79 Å². The number of aryl methyl sites for hydroxylation is 1. The van der Waals surface area contributed by atoms with Crippen molar-refractivity contribution in [2.45, 2.75) is 19.9 Å². The molecule has 7 heteroatoms. The van der Waals surface area contributed by atoms with Crippen LogP contribution in [-0.2, 0) is 18.4 Å². The molecule has 0 fully saturated rings. The Balaban J connectivity index is 1.77. The smallest absolute Gasteiger partial charge is 0.219 e. The minimum absolute atomic E-state index is 0.0495. The highest BCUT2D eigenvalue weighted by Crippen LogP contribution is 2.31. The van der Waals surface area contributed by atoms with Gasteiger partial charge in [0.2, 0.25) is 5.91 Å². The quantitative estimate of drug-likeness (QED) is 0.509. The van der Waals surface area contributed by atoms with Gasteiger partial charge in [-0.15, -0.1) is 0 Å². The fraction of sp³-hybridized carbons (Fsp3) is 0.250. The molecule has 0 spiro atoms. The van der Waals surface area contributed by atoms with Crippen LogP contribution in [0.1, 0.15) is 18.9 Å². The second-order valence-corrected chi connectivity index (χ2v) is 6.54. The third-order valence-electron chi connectivity index (χ3n) is 4.72. The van der Waals surface area contributed by atoms with Gasteiger partial charge in [0.25, 0.3) is 0 Å². The predicted octanol–water partition coefficient (Wildman–Crippen LogP) is 3.18. The van der Waals surface area contributed by atoms with Gasteiger partial charge < -0.3 is 20.2 Å². The van der Waals surface area contributed by atoms with Gasteiger partial charge in [-0.05, 0) is 23.3 Å². The van der Waals surface area contributed by atoms with E-state index in [1.54, 1.807) is 6.33 Å². The Morgan fingerprint density at radius 3 is 2.93 bits per heavy atom. The number of rotatable bonds is 5. The van der Waals surface area contributed by atoms with E-state index in [9.17, 15) is 4.79 Å². The summed E-state index contributed by atoms with van der Waals surface area (Å²) in [5.74, 6) is 0.802. The van der Waals surface area contributed by atoms with E-state index in [1.165, 1.54) is 0 Å². The average molecular weight is 362 g/mol. The molecule has 3 N–H and O–H groups in total. The van der Waals surface area contributed by atoms with E-state index in [2.05, 4.69) is 43.8 Å². The Hall–Kier alpha value is -3.35. The number of anilines is 1. The normalized spacial score (nSPS) is 11.2. The Morgan fingerprint density at radius 1 is 1.30 bits per heavy atom. The highest BCUT2D eigenvalue weighted by atomic mass is 16.1. The standard InChI is InChI=1S/C20H22N6O/c1-4-16(27)22-10-12-6-5-7-13(8-12)15-9-14-18-17(23-11-26(18)3)20(21-2)25-19(14)24-15/h5-9,11H,4,10H2,1-3H3,(H,22,27)(H2,21,24,25). The Bertz CT molecular complexity index is 1140. The van der Waals surface area contributed by atoms with Crippen LogP contribution in [0, 0.1) is 0 Å². The van der Waals surface area contributed by atoms with Crippen molar-refractivity contribution in [3.8, 4) is 11.3 Å². The van der Waals surface area contributed by atoms with Gasteiger partial charge in [0.15, 0.2) is 5.82 Å². The summed E-state index contributed by atoms with van der Waals surface area (Å²) in [4.78, 5) is 24.1. The number of aromatic nitrogens is 4. The molecule has 7 nitrogen and oxygen atoms in total. The predicted molar refractivity (Wildman–Crippen MR) is 107 cm³/mol. The van der Waals surface area contributed by atoms with Crippen LogP contribution < -0.4 is 10.6 Å². The molecule has 0 atom stereocenters. The molecule has 1 amide bonds. The van der Waals surface area contributed by atoms with Crippen molar-refractivity contribution in [2.24, 2.45) is 7.05 Å². The zero-order valence-corrected chi connectivity index (χ0v) is 15.6. The number of aromatic amines is 1. The number of benzene rings is 1. The van der Waals surface area contributed by atoms with Crippen LogP contribution in [0.25, 0.3) is 33.3 Å². The van der Waals surface area contributed by atoms with Crippen LogP contribution >= 0.6 is 0 Å². The molecular formula is C20H22N6O. The highest BCUT2D eigenvalue weighted by Gasteiger charge is 2.15. The van der Waals surface area contributed by atoms with Gasteiger partial charge in [-0.2, -0.15) is 0 Å². The number of amides is 1. The molecule has 3 aromatic heterocycles. The Kier molecular flexibility index (Phi) is 4.27. The minimum Gasteiger partial charge on any atom is -0.371 e. The summed E-state index contributed by atoms with van der Waals surface area (Å²) in [6, 6.07) is 10.3. The van der Waals surface area contributed by atoms with E-state index in [-0.39, 0.29) is 5.91 Å². The number of carbonyl (C=O) groups excluding carboxylic acids is 1. The molecular weight excluding hydrogens is 340 g/mol. The summed E-state index contributed by atoms with van der Waals surface area (Å²) in [6.07, 6.45) is 2.29. The van der Waals surface area contributed by atoms with E-state index in [0.29, 0.717) is 13.0 Å². The van der Waals surface area contributed by atoms with Crippen LogP contribution in [0.2, 0.25) is 0 Å². The largest absolute Gasteiger partial charge is 0.371 e. The molecule has 0 unspecified atom stereocenters. The molecule has 4 aromatic rings. The molecule has 0 radical (unpaired) electrons. The van der Waals surface area contributed by atoms with Crippen LogP contribution in [0.3, 0.4) is 0 Å². The van der Waals surface area contributed by atoms with Crippen molar-refractivity contribution in [3.05, 3.63) is 42.2 Å². The minimum atomic E-state index is 0.0495. The summed E-state index contributed by atoms with van der Waals surface area (Å²) in [5.41, 5.74) is 5.81. The second kappa shape index (κ2) is 6.75. The van der Waals surface area contributed by atoms with Crippen molar-refractivity contribution in [3.63, 3.8) is 0 Å². The van der Waals surface area contributed by atoms with E-state index in [4.69, 9.17) is 0 Å². The molecule has 0 saturated heterocycles. The zero-order chi connectivity index (χ0) is 19.0. The lowest BCUT2D eigenvalue weighted by Crippen LogP contribution is -2.21. The summed E-state index contributed by atoms with van der Waals surface area (Å²) in [5, 5.41) is 7.07. The molecule has 27 heavy (non-hydrogen) atoms. The van der Waals surface area contributed by atoms with Crippen LogP contribution in [0.4, 0.5) is 5.82 Å². The molecule has 4 rings (SSSR count). The maximum Gasteiger partial charge on any atom is 0.219 e. The van der Waals surface area contributed by atoms with E-state index < -0.39 is 0 Å². The van der Waals surface area contributed by atoms with Crippen molar-refractivity contribution in [1.29, 1.82) is 0 Å². The monoisotopic (exact) mass is 362 g/mol. The third kappa shape index (κ3) is 3.01. The first kappa shape index (κ1) is 17.1. The molecule has 3 heterocycles. The number of hydrogen-bond acceptors (Lipinski definition) is 4. The first-order chi connectivity index (χ1) is 13.1. The number of hydrogen-bond donors (Lipinski definition) is 3. The third-order valence-corrected chi connectivity index (χ3v) is 4.72. The topological polar surface area (TPSA) is 87.6 Å². The average Bonchev–Trinajstić information content (AvgIpc) is 3.29. The van der Waals surface area contributed by atoms with Gasteiger partial charge in [-0.25, -0.2) is 9.97 Å². The van der Waals surface area contributed by atoms with Gasteiger partial charge in [0.05, 0.1) is 11.8 Å². The van der Waals surface area contributed by atoms with Gasteiger partial charge in [0, 0.05) is 38.1 Å². The van der Waals surface area contributed by atoms with Gasteiger partial charge >= 0.3 is 0 Å². The Morgan fingerprint density at radius 2 is 2.15 bits per heavy atom. The molecule has 0 saturated carbocycles. The fourth-order valence-corrected chi connectivity index (χ4v) is 3.30. The SMILES string of the molecule is CCC(=O)NCc1cccc(-c2cc3c(nc(NC)c4ncn(C)c43)[nH]2)c1. The molecule has 0 aliphatic carbocycles. The molecule has 0 aliphatic heterocycles. The van der Waals surface area contributed by atoms with E-state index >= 15 is 0 Å². The molecule has 138 valence electrons. The number of H-pyrrole nitrogens is 1. The van der Waals surface area contributed by atoms with Crippen molar-refractivity contribution in [2.75, 3.05) is 12.4 Å². The lowest BCUT2D eigenvalue weighted by atomic mass is 10.1. The number of nitrogens with zero attached hydrogens (tertiary/aromatic N) is 3. The highest BCUT2D eigenvalue weighted by molar-refractivity contribution is 6.07.